The third kappa shape index (κ3) is 2.41. The summed E-state index contributed by atoms with van der Waals surface area (Å²) < 4.78 is 1.73. The van der Waals surface area contributed by atoms with Gasteiger partial charge in [0.2, 0.25) is 0 Å². The molecule has 1 fully saturated rings. The quantitative estimate of drug-likeness (QED) is 0.851. The van der Waals surface area contributed by atoms with Crippen molar-refractivity contribution in [2.75, 3.05) is 18.0 Å². The monoisotopic (exact) mass is 250 g/mol. The number of nitrogens with zero attached hydrogens (tertiary/aromatic N) is 3. The van der Waals surface area contributed by atoms with Gasteiger partial charge in [-0.25, -0.2) is 4.98 Å². The topological polar surface area (TPSA) is 64.2 Å². The minimum absolute atomic E-state index is 0.00662. The fourth-order valence-corrected chi connectivity index (χ4v) is 2.32. The Morgan fingerprint density at radius 3 is 2.78 bits per heavy atom. The minimum Gasteiger partial charge on any atom is -0.348 e. The van der Waals surface area contributed by atoms with Crippen molar-refractivity contribution in [1.82, 2.24) is 9.55 Å². The summed E-state index contributed by atoms with van der Waals surface area (Å²) in [7, 11) is 0. The van der Waals surface area contributed by atoms with E-state index in [0.29, 0.717) is 24.9 Å². The van der Waals surface area contributed by atoms with Gasteiger partial charge in [0.25, 0.3) is 5.56 Å². The smallest absolute Gasteiger partial charge is 0.293 e. The van der Waals surface area contributed by atoms with Gasteiger partial charge in [-0.15, -0.1) is 0 Å². The van der Waals surface area contributed by atoms with E-state index in [1.165, 1.54) is 6.42 Å². The molecule has 18 heavy (non-hydrogen) atoms. The molecule has 0 atom stereocenters. The normalized spacial score (nSPS) is 15.8. The van der Waals surface area contributed by atoms with Gasteiger partial charge in [0, 0.05) is 37.6 Å². The Labute approximate surface area is 108 Å². The summed E-state index contributed by atoms with van der Waals surface area (Å²) in [6.45, 7) is 5.26. The van der Waals surface area contributed by atoms with Crippen molar-refractivity contribution in [1.29, 1.82) is 0 Å². The van der Waals surface area contributed by atoms with Crippen LogP contribution in [0.3, 0.4) is 0 Å². The van der Waals surface area contributed by atoms with Crippen LogP contribution in [0.25, 0.3) is 0 Å². The van der Waals surface area contributed by atoms with Crippen LogP contribution in [0.1, 0.15) is 39.2 Å². The summed E-state index contributed by atoms with van der Waals surface area (Å²) >= 11 is 0. The molecule has 1 saturated carbocycles. The first-order valence-electron chi connectivity index (χ1n) is 6.69. The molecule has 0 aliphatic heterocycles. The number of anilines is 1. The van der Waals surface area contributed by atoms with Gasteiger partial charge in [-0.1, -0.05) is 0 Å². The Morgan fingerprint density at radius 1 is 1.56 bits per heavy atom. The zero-order chi connectivity index (χ0) is 13.1. The van der Waals surface area contributed by atoms with Gasteiger partial charge in [0.15, 0.2) is 5.82 Å². The zero-order valence-corrected chi connectivity index (χ0v) is 11.2. The van der Waals surface area contributed by atoms with E-state index in [2.05, 4.69) is 9.88 Å². The number of hydrogen-bond donors (Lipinski definition) is 1. The molecule has 100 valence electrons. The van der Waals surface area contributed by atoms with Gasteiger partial charge in [0.1, 0.15) is 0 Å². The van der Waals surface area contributed by atoms with Crippen LogP contribution in [0.2, 0.25) is 0 Å². The summed E-state index contributed by atoms with van der Waals surface area (Å²) in [6, 6.07) is 0.595. The molecule has 0 amide bonds. The highest BCUT2D eigenvalue weighted by atomic mass is 16.1. The molecule has 0 spiro atoms. The fraction of sp³-hybridized carbons (Fsp3) is 0.692. The van der Waals surface area contributed by atoms with E-state index in [9.17, 15) is 4.79 Å². The lowest BCUT2D eigenvalue weighted by Crippen LogP contribution is -2.46. The minimum atomic E-state index is -0.00662. The molecule has 2 N–H and O–H groups in total. The molecule has 0 radical (unpaired) electrons. The highest BCUT2D eigenvalue weighted by Gasteiger charge is 2.27. The lowest BCUT2D eigenvalue weighted by Gasteiger charge is -2.37. The van der Waals surface area contributed by atoms with E-state index >= 15 is 0 Å². The maximum Gasteiger partial charge on any atom is 0.293 e. The average molecular weight is 250 g/mol. The van der Waals surface area contributed by atoms with Crippen molar-refractivity contribution in [3.05, 3.63) is 22.7 Å². The molecular weight excluding hydrogens is 228 g/mol. The standard InChI is InChI=1S/C13H22N4O/c1-10(2)16-9-7-15-12(13(16)18)17(8-6-14)11-4-3-5-11/h7,9-11H,3-6,8,14H2,1-2H3. The molecule has 0 saturated heterocycles. The predicted molar refractivity (Wildman–Crippen MR) is 72.9 cm³/mol. The van der Waals surface area contributed by atoms with Gasteiger partial charge >= 0.3 is 0 Å². The second-order valence-corrected chi connectivity index (χ2v) is 5.12. The molecule has 5 heteroatoms. The number of hydrogen-bond acceptors (Lipinski definition) is 4. The first-order chi connectivity index (χ1) is 8.65. The Morgan fingerprint density at radius 2 is 2.28 bits per heavy atom. The van der Waals surface area contributed by atoms with E-state index in [4.69, 9.17) is 5.73 Å². The Bertz CT molecular complexity index is 451. The second kappa shape index (κ2) is 5.52. The van der Waals surface area contributed by atoms with Gasteiger partial charge < -0.3 is 15.2 Å². The lowest BCUT2D eigenvalue weighted by molar-refractivity contribution is 0.383. The fourth-order valence-electron chi connectivity index (χ4n) is 2.32. The number of nitrogens with two attached hydrogens (primary N) is 1. The first-order valence-corrected chi connectivity index (χ1v) is 6.69. The Balaban J connectivity index is 2.35. The van der Waals surface area contributed by atoms with Gasteiger partial charge in [0.05, 0.1) is 0 Å². The molecule has 0 unspecified atom stereocenters. The third-order valence-corrected chi connectivity index (χ3v) is 3.56. The summed E-state index contributed by atoms with van der Waals surface area (Å²) in [6.07, 6.45) is 6.96. The summed E-state index contributed by atoms with van der Waals surface area (Å²) in [5.41, 5.74) is 5.65. The summed E-state index contributed by atoms with van der Waals surface area (Å²) in [5.74, 6) is 0.557. The molecule has 1 heterocycles. The Hall–Kier alpha value is -1.36. The zero-order valence-electron chi connectivity index (χ0n) is 11.2. The van der Waals surface area contributed by atoms with Crippen LogP contribution in [0.4, 0.5) is 5.82 Å². The van der Waals surface area contributed by atoms with E-state index in [0.717, 1.165) is 12.8 Å². The predicted octanol–water partition coefficient (Wildman–Crippen LogP) is 1.14. The van der Waals surface area contributed by atoms with Crippen LogP contribution in [0.5, 0.6) is 0 Å². The van der Waals surface area contributed by atoms with E-state index in [1.807, 2.05) is 13.8 Å². The summed E-state index contributed by atoms with van der Waals surface area (Å²) in [5, 5.41) is 0. The van der Waals surface area contributed by atoms with Crippen LogP contribution < -0.4 is 16.2 Å². The Kier molecular flexibility index (Phi) is 4.01. The molecule has 1 aliphatic carbocycles. The first kappa shape index (κ1) is 13.1. The molecule has 5 nitrogen and oxygen atoms in total. The van der Waals surface area contributed by atoms with Crippen LogP contribution in [-0.2, 0) is 0 Å². The van der Waals surface area contributed by atoms with Crippen LogP contribution in [-0.4, -0.2) is 28.7 Å². The number of rotatable bonds is 5. The average Bonchev–Trinajstić information content (AvgIpc) is 2.26. The van der Waals surface area contributed by atoms with Crippen molar-refractivity contribution in [2.24, 2.45) is 5.73 Å². The molecular formula is C13H22N4O. The molecule has 2 rings (SSSR count). The van der Waals surface area contributed by atoms with Crippen molar-refractivity contribution in [3.8, 4) is 0 Å². The highest BCUT2D eigenvalue weighted by molar-refractivity contribution is 5.38. The van der Waals surface area contributed by atoms with Gasteiger partial charge in [-0.2, -0.15) is 0 Å². The van der Waals surface area contributed by atoms with Crippen LogP contribution in [0.15, 0.2) is 17.2 Å². The van der Waals surface area contributed by atoms with Gasteiger partial charge in [-0.3, -0.25) is 4.79 Å². The summed E-state index contributed by atoms with van der Waals surface area (Å²) in [4.78, 5) is 18.8. The molecule has 1 aromatic rings. The lowest BCUT2D eigenvalue weighted by atomic mass is 9.91. The largest absolute Gasteiger partial charge is 0.348 e. The van der Waals surface area contributed by atoms with Crippen molar-refractivity contribution in [3.63, 3.8) is 0 Å². The van der Waals surface area contributed by atoms with E-state index in [-0.39, 0.29) is 11.6 Å². The molecule has 1 aliphatic rings. The number of aromatic nitrogens is 2. The molecule has 0 bridgehead atoms. The van der Waals surface area contributed by atoms with E-state index in [1.54, 1.807) is 17.0 Å². The maximum absolute atomic E-state index is 12.4. The van der Waals surface area contributed by atoms with E-state index < -0.39 is 0 Å². The van der Waals surface area contributed by atoms with Crippen LogP contribution in [0, 0.1) is 0 Å². The molecule has 1 aromatic heterocycles. The maximum atomic E-state index is 12.4. The molecule has 0 aromatic carbocycles. The van der Waals surface area contributed by atoms with Crippen molar-refractivity contribution >= 4 is 5.82 Å². The van der Waals surface area contributed by atoms with Crippen molar-refractivity contribution < 1.29 is 0 Å². The van der Waals surface area contributed by atoms with Crippen LogP contribution >= 0.6 is 0 Å². The second-order valence-electron chi connectivity index (χ2n) is 5.12. The SMILES string of the molecule is CC(C)n1ccnc(N(CCN)C2CCC2)c1=O. The van der Waals surface area contributed by atoms with Gasteiger partial charge in [-0.05, 0) is 33.1 Å². The highest BCUT2D eigenvalue weighted by Crippen LogP contribution is 2.26. The van der Waals surface area contributed by atoms with Crippen molar-refractivity contribution in [2.45, 2.75) is 45.2 Å². The third-order valence-electron chi connectivity index (χ3n) is 3.56.